The van der Waals surface area contributed by atoms with Crippen LogP contribution in [-0.2, 0) is 17.7 Å². The lowest BCUT2D eigenvalue weighted by atomic mass is 10.1. The van der Waals surface area contributed by atoms with Crippen molar-refractivity contribution in [3.63, 3.8) is 0 Å². The monoisotopic (exact) mass is 242 g/mol. The molecule has 4 rings (SSSR count). The Bertz CT molecular complexity index is 579. The Morgan fingerprint density at radius 2 is 2.17 bits per heavy atom. The van der Waals surface area contributed by atoms with E-state index < -0.39 is 5.85 Å². The molecular weight excluding hydrogens is 228 g/mol. The van der Waals surface area contributed by atoms with E-state index in [2.05, 4.69) is 12.1 Å². The highest BCUT2D eigenvalue weighted by Gasteiger charge is 2.56. The van der Waals surface area contributed by atoms with E-state index in [0.717, 1.165) is 12.2 Å². The lowest BCUT2D eigenvalue weighted by molar-refractivity contribution is 0.228. The molecule has 92 valence electrons. The predicted octanol–water partition coefficient (Wildman–Crippen LogP) is 1.83. The van der Waals surface area contributed by atoms with Crippen molar-refractivity contribution in [3.8, 4) is 5.75 Å². The Hall–Kier alpha value is -1.78. The van der Waals surface area contributed by atoms with Crippen LogP contribution in [-0.4, -0.2) is 10.9 Å². The zero-order chi connectivity index (χ0) is 12.2. The van der Waals surface area contributed by atoms with E-state index in [0.29, 0.717) is 5.76 Å². The highest BCUT2D eigenvalue weighted by molar-refractivity contribution is 5.40. The van der Waals surface area contributed by atoms with Crippen molar-refractivity contribution in [1.82, 2.24) is 5.06 Å². The fourth-order valence-corrected chi connectivity index (χ4v) is 2.60. The van der Waals surface area contributed by atoms with Gasteiger partial charge in [0.15, 0.2) is 5.76 Å². The largest absolute Gasteiger partial charge is 0.455 e. The molecule has 0 spiro atoms. The molecule has 4 nitrogen and oxygen atoms in total. The van der Waals surface area contributed by atoms with Crippen LogP contribution in [0.15, 0.2) is 42.3 Å². The van der Waals surface area contributed by atoms with Crippen molar-refractivity contribution in [2.45, 2.75) is 25.1 Å². The first-order valence-corrected chi connectivity index (χ1v) is 6.22. The number of hydroxylamine groups is 2. The summed E-state index contributed by atoms with van der Waals surface area (Å²) in [6.07, 6.45) is 9.05. The molecule has 0 aromatic heterocycles. The third kappa shape index (κ3) is 1.39. The average molecular weight is 242 g/mol. The number of fused-ring (bicyclic) bond motifs is 2. The third-order valence-electron chi connectivity index (χ3n) is 3.65. The van der Waals surface area contributed by atoms with Crippen molar-refractivity contribution in [2.24, 2.45) is 5.73 Å². The Labute approximate surface area is 105 Å². The molecule has 1 aliphatic carbocycles. The maximum Gasteiger partial charge on any atom is 0.301 e. The molecule has 2 heterocycles. The first-order chi connectivity index (χ1) is 8.75. The average Bonchev–Trinajstić information content (AvgIpc) is 2.85. The standard InChI is InChI=1S/C14H14N2O2/c15-14-13(5-2-8-16(14)18-14)17-12-7-6-10-3-1-4-11(10)9-12/h2,5-9H,1,3-4,15H2. The Kier molecular flexibility index (Phi) is 1.90. The summed E-state index contributed by atoms with van der Waals surface area (Å²) in [6, 6.07) is 6.25. The van der Waals surface area contributed by atoms with E-state index in [1.807, 2.05) is 18.2 Å². The predicted molar refractivity (Wildman–Crippen MR) is 66.2 cm³/mol. The zero-order valence-corrected chi connectivity index (χ0v) is 9.93. The highest BCUT2D eigenvalue weighted by atomic mass is 16.9. The van der Waals surface area contributed by atoms with Crippen LogP contribution in [0.5, 0.6) is 5.75 Å². The lowest BCUT2D eigenvalue weighted by Crippen LogP contribution is -2.34. The SMILES string of the molecule is NC12ON1C=CC=C2Oc1ccc2c(c1)CCC2. The van der Waals surface area contributed by atoms with Crippen molar-refractivity contribution < 1.29 is 9.57 Å². The van der Waals surface area contributed by atoms with Crippen LogP contribution in [0.3, 0.4) is 0 Å². The van der Waals surface area contributed by atoms with Gasteiger partial charge in [0.25, 0.3) is 0 Å². The fourth-order valence-electron chi connectivity index (χ4n) is 2.60. The van der Waals surface area contributed by atoms with Gasteiger partial charge in [0.05, 0.1) is 0 Å². The molecule has 3 aliphatic rings. The topological polar surface area (TPSA) is 50.8 Å². The number of nitrogens with zero attached hydrogens (tertiary/aromatic N) is 1. The van der Waals surface area contributed by atoms with Crippen LogP contribution in [0.1, 0.15) is 17.5 Å². The molecule has 2 aliphatic heterocycles. The summed E-state index contributed by atoms with van der Waals surface area (Å²) in [6.45, 7) is 0. The summed E-state index contributed by atoms with van der Waals surface area (Å²) in [5, 5.41) is 1.58. The second-order valence-electron chi connectivity index (χ2n) is 4.87. The van der Waals surface area contributed by atoms with E-state index >= 15 is 0 Å². The van der Waals surface area contributed by atoms with Crippen molar-refractivity contribution in [3.05, 3.63) is 53.4 Å². The Balaban J connectivity index is 1.62. The number of benzene rings is 1. The molecule has 1 saturated heterocycles. The minimum atomic E-state index is -0.895. The Morgan fingerprint density at radius 1 is 1.28 bits per heavy atom. The van der Waals surface area contributed by atoms with Crippen LogP contribution in [0, 0.1) is 0 Å². The highest BCUT2D eigenvalue weighted by Crippen LogP contribution is 2.40. The molecular formula is C14H14N2O2. The number of hydrogen-bond acceptors (Lipinski definition) is 4. The van der Waals surface area contributed by atoms with Gasteiger partial charge in [-0.2, -0.15) is 0 Å². The van der Waals surface area contributed by atoms with Crippen molar-refractivity contribution in [1.29, 1.82) is 0 Å². The maximum atomic E-state index is 6.02. The molecule has 1 aromatic rings. The summed E-state index contributed by atoms with van der Waals surface area (Å²) in [4.78, 5) is 5.27. The molecule has 1 fully saturated rings. The fraction of sp³-hybridized carbons (Fsp3) is 0.286. The maximum absolute atomic E-state index is 6.02. The van der Waals surface area contributed by atoms with E-state index in [9.17, 15) is 0 Å². The van der Waals surface area contributed by atoms with Gasteiger partial charge in [0.2, 0.25) is 0 Å². The van der Waals surface area contributed by atoms with Gasteiger partial charge in [-0.05, 0) is 54.7 Å². The number of rotatable bonds is 2. The second kappa shape index (κ2) is 3.37. The molecule has 0 radical (unpaired) electrons. The summed E-state index contributed by atoms with van der Waals surface area (Å²) in [7, 11) is 0. The molecule has 2 N–H and O–H groups in total. The Morgan fingerprint density at radius 3 is 3.11 bits per heavy atom. The van der Waals surface area contributed by atoms with Gasteiger partial charge < -0.3 is 4.74 Å². The van der Waals surface area contributed by atoms with Gasteiger partial charge in [-0.3, -0.25) is 5.73 Å². The van der Waals surface area contributed by atoms with Crippen molar-refractivity contribution >= 4 is 0 Å². The molecule has 18 heavy (non-hydrogen) atoms. The molecule has 0 amide bonds. The van der Waals surface area contributed by atoms with Gasteiger partial charge in [-0.15, -0.1) is 0 Å². The van der Waals surface area contributed by atoms with E-state index in [1.54, 1.807) is 11.3 Å². The van der Waals surface area contributed by atoms with E-state index in [1.165, 1.54) is 24.0 Å². The van der Waals surface area contributed by atoms with E-state index in [4.69, 9.17) is 15.3 Å². The first-order valence-electron chi connectivity index (χ1n) is 6.22. The number of hydrogen-bond donors (Lipinski definition) is 1. The van der Waals surface area contributed by atoms with Crippen molar-refractivity contribution in [2.75, 3.05) is 0 Å². The minimum Gasteiger partial charge on any atom is -0.455 e. The van der Waals surface area contributed by atoms with Crippen LogP contribution < -0.4 is 10.5 Å². The van der Waals surface area contributed by atoms with Crippen LogP contribution >= 0.6 is 0 Å². The quantitative estimate of drug-likeness (QED) is 0.804. The van der Waals surface area contributed by atoms with Crippen LogP contribution in [0.2, 0.25) is 0 Å². The third-order valence-corrected chi connectivity index (χ3v) is 3.65. The van der Waals surface area contributed by atoms with Gasteiger partial charge in [-0.25, -0.2) is 9.90 Å². The number of allylic oxidation sites excluding steroid dienone is 2. The summed E-state index contributed by atoms with van der Waals surface area (Å²) in [5.41, 5.74) is 8.84. The van der Waals surface area contributed by atoms with Gasteiger partial charge in [0, 0.05) is 6.20 Å². The molecule has 1 aromatic carbocycles. The molecule has 0 bridgehead atoms. The molecule has 4 heteroatoms. The second-order valence-corrected chi connectivity index (χ2v) is 4.87. The minimum absolute atomic E-state index is 0.628. The smallest absolute Gasteiger partial charge is 0.301 e. The summed E-state index contributed by atoms with van der Waals surface area (Å²) in [5.74, 6) is 0.564. The van der Waals surface area contributed by atoms with Crippen LogP contribution in [0.25, 0.3) is 0 Å². The molecule has 0 saturated carbocycles. The summed E-state index contributed by atoms with van der Waals surface area (Å²) < 4.78 is 5.86. The molecule has 1 atom stereocenters. The number of aryl methyl sites for hydroxylation is 2. The normalized spacial score (nSPS) is 27.6. The van der Waals surface area contributed by atoms with Crippen LogP contribution in [0.4, 0.5) is 0 Å². The lowest BCUT2D eigenvalue weighted by Gasteiger charge is -2.14. The molecule has 1 unspecified atom stereocenters. The van der Waals surface area contributed by atoms with Gasteiger partial charge >= 0.3 is 5.85 Å². The summed E-state index contributed by atoms with van der Waals surface area (Å²) >= 11 is 0. The zero-order valence-electron chi connectivity index (χ0n) is 9.93. The van der Waals surface area contributed by atoms with Gasteiger partial charge in [0.1, 0.15) is 5.75 Å². The van der Waals surface area contributed by atoms with Gasteiger partial charge in [-0.1, -0.05) is 6.07 Å². The number of ether oxygens (including phenoxy) is 1. The van der Waals surface area contributed by atoms with E-state index in [-0.39, 0.29) is 0 Å². The first kappa shape index (κ1) is 10.2. The number of nitrogens with two attached hydrogens (primary N) is 1.